The molecule has 0 spiro atoms. The lowest BCUT2D eigenvalue weighted by atomic mass is 9.99. The van der Waals surface area contributed by atoms with Crippen molar-refractivity contribution < 1.29 is 23.8 Å². The monoisotopic (exact) mass is 258 g/mol. The molecular formula is C11H18N2O5. The van der Waals surface area contributed by atoms with Crippen LogP contribution in [0.2, 0.25) is 0 Å². The maximum atomic E-state index is 10.7. The Kier molecular flexibility index (Phi) is 5.44. The van der Waals surface area contributed by atoms with Crippen molar-refractivity contribution in [1.29, 1.82) is 0 Å². The molecule has 0 saturated heterocycles. The summed E-state index contributed by atoms with van der Waals surface area (Å²) in [6.07, 6.45) is 2.31. The van der Waals surface area contributed by atoms with E-state index in [9.17, 15) is 9.59 Å². The van der Waals surface area contributed by atoms with Gasteiger partial charge in [0, 0.05) is 13.5 Å². The molecule has 3 atom stereocenters. The summed E-state index contributed by atoms with van der Waals surface area (Å²) in [5, 5.41) is 0. The molecule has 2 amide bonds. The number of amides is 2. The molecule has 0 fully saturated rings. The lowest BCUT2D eigenvalue weighted by Gasteiger charge is -2.24. The summed E-state index contributed by atoms with van der Waals surface area (Å²) in [5.41, 5.74) is 9.94. The second kappa shape index (κ2) is 6.85. The molecule has 1 aliphatic rings. The van der Waals surface area contributed by atoms with Crippen molar-refractivity contribution in [2.24, 2.45) is 11.5 Å². The maximum absolute atomic E-state index is 10.7. The van der Waals surface area contributed by atoms with Crippen LogP contribution in [0.15, 0.2) is 12.2 Å². The van der Waals surface area contributed by atoms with Crippen molar-refractivity contribution in [3.05, 3.63) is 12.2 Å². The highest BCUT2D eigenvalue weighted by Crippen LogP contribution is 2.19. The molecule has 0 saturated carbocycles. The number of hydrogen-bond acceptors (Lipinski definition) is 5. The molecule has 1 aliphatic carbocycles. The van der Waals surface area contributed by atoms with Crippen molar-refractivity contribution in [2.75, 3.05) is 7.11 Å². The van der Waals surface area contributed by atoms with Crippen LogP contribution < -0.4 is 11.5 Å². The first-order chi connectivity index (χ1) is 8.51. The largest absolute Gasteiger partial charge is 0.442 e. The summed E-state index contributed by atoms with van der Waals surface area (Å²) >= 11 is 0. The number of nitrogens with two attached hydrogens (primary N) is 2. The third kappa shape index (κ3) is 5.05. The van der Waals surface area contributed by atoms with E-state index in [4.69, 9.17) is 25.7 Å². The topological polar surface area (TPSA) is 114 Å². The molecule has 0 aromatic heterocycles. The van der Waals surface area contributed by atoms with Gasteiger partial charge in [-0.05, 0) is 25.0 Å². The van der Waals surface area contributed by atoms with Gasteiger partial charge in [0.2, 0.25) is 0 Å². The predicted octanol–water partition coefficient (Wildman–Crippen LogP) is 0.669. The Morgan fingerprint density at radius 2 is 1.61 bits per heavy atom. The predicted molar refractivity (Wildman–Crippen MR) is 62.7 cm³/mol. The molecule has 0 aromatic carbocycles. The number of rotatable bonds is 3. The van der Waals surface area contributed by atoms with Gasteiger partial charge in [-0.15, -0.1) is 0 Å². The summed E-state index contributed by atoms with van der Waals surface area (Å²) in [6.45, 7) is 0. The van der Waals surface area contributed by atoms with E-state index in [1.807, 2.05) is 0 Å². The van der Waals surface area contributed by atoms with Crippen molar-refractivity contribution >= 4 is 12.2 Å². The summed E-state index contributed by atoms with van der Waals surface area (Å²) in [7, 11) is 1.57. The zero-order chi connectivity index (χ0) is 13.5. The Hall–Kier alpha value is -1.76. The molecule has 18 heavy (non-hydrogen) atoms. The van der Waals surface area contributed by atoms with Crippen LogP contribution in [0.4, 0.5) is 9.59 Å². The Labute approximate surface area is 105 Å². The van der Waals surface area contributed by atoms with E-state index >= 15 is 0 Å². The summed E-state index contributed by atoms with van der Waals surface area (Å²) in [5.74, 6) is 0. The second-order valence-corrected chi connectivity index (χ2v) is 4.01. The second-order valence-electron chi connectivity index (χ2n) is 4.01. The van der Waals surface area contributed by atoms with Gasteiger partial charge in [-0.25, -0.2) is 9.59 Å². The number of hydrogen-bond donors (Lipinski definition) is 2. The van der Waals surface area contributed by atoms with Crippen molar-refractivity contribution in [2.45, 2.75) is 37.6 Å². The van der Waals surface area contributed by atoms with Gasteiger partial charge in [-0.3, -0.25) is 0 Å². The minimum Gasteiger partial charge on any atom is -0.442 e. The highest BCUT2D eigenvalue weighted by molar-refractivity contribution is 5.65. The Bertz CT molecular complexity index is 331. The third-order valence-corrected chi connectivity index (χ3v) is 2.68. The number of carbonyl (C=O) groups is 2. The molecule has 7 heteroatoms. The first-order valence-corrected chi connectivity index (χ1v) is 5.64. The van der Waals surface area contributed by atoms with Gasteiger partial charge in [0.15, 0.2) is 0 Å². The number of methoxy groups -OCH3 is 1. The first kappa shape index (κ1) is 14.3. The zero-order valence-electron chi connectivity index (χ0n) is 10.2. The number of ether oxygens (including phenoxy) is 3. The fourth-order valence-electron chi connectivity index (χ4n) is 1.85. The first-order valence-electron chi connectivity index (χ1n) is 5.64. The van der Waals surface area contributed by atoms with Crippen LogP contribution in [0.25, 0.3) is 0 Å². The van der Waals surface area contributed by atoms with Gasteiger partial charge in [-0.1, -0.05) is 0 Å². The van der Waals surface area contributed by atoms with Crippen molar-refractivity contribution in [3.8, 4) is 0 Å². The lowest BCUT2D eigenvalue weighted by Crippen LogP contribution is -2.30. The molecule has 0 aliphatic heterocycles. The highest BCUT2D eigenvalue weighted by atomic mass is 16.6. The van der Waals surface area contributed by atoms with Crippen LogP contribution in [0.5, 0.6) is 0 Å². The van der Waals surface area contributed by atoms with Crippen LogP contribution in [-0.4, -0.2) is 37.6 Å². The molecule has 0 bridgehead atoms. The smallest absolute Gasteiger partial charge is 0.405 e. The fraction of sp³-hybridized carbons (Fsp3) is 0.636. The molecule has 0 radical (unpaired) electrons. The van der Waals surface area contributed by atoms with E-state index < -0.39 is 24.4 Å². The van der Waals surface area contributed by atoms with E-state index in [1.54, 1.807) is 19.3 Å². The lowest BCUT2D eigenvalue weighted by molar-refractivity contribution is 0.0316. The maximum Gasteiger partial charge on any atom is 0.405 e. The normalized spacial score (nSPS) is 29.7. The van der Waals surface area contributed by atoms with Crippen LogP contribution in [0.3, 0.4) is 0 Å². The third-order valence-electron chi connectivity index (χ3n) is 2.68. The summed E-state index contributed by atoms with van der Waals surface area (Å²) in [6, 6.07) is 0. The van der Waals surface area contributed by atoms with Gasteiger partial charge in [0.05, 0.1) is 6.10 Å². The average Bonchev–Trinajstić information content (AvgIpc) is 2.26. The molecule has 7 nitrogen and oxygen atoms in total. The van der Waals surface area contributed by atoms with Crippen LogP contribution >= 0.6 is 0 Å². The van der Waals surface area contributed by atoms with Gasteiger partial charge in [-0.2, -0.15) is 0 Å². The summed E-state index contributed by atoms with van der Waals surface area (Å²) < 4.78 is 15.1. The minimum absolute atomic E-state index is 0.0988. The zero-order valence-corrected chi connectivity index (χ0v) is 10.2. The number of carbonyl (C=O) groups excluding carboxylic acids is 2. The molecule has 102 valence electrons. The fourth-order valence-corrected chi connectivity index (χ4v) is 1.85. The summed E-state index contributed by atoms with van der Waals surface area (Å²) in [4.78, 5) is 21.4. The van der Waals surface area contributed by atoms with Crippen molar-refractivity contribution in [1.82, 2.24) is 0 Å². The van der Waals surface area contributed by atoms with Gasteiger partial charge in [0.25, 0.3) is 0 Å². The van der Waals surface area contributed by atoms with E-state index in [2.05, 4.69) is 0 Å². The van der Waals surface area contributed by atoms with E-state index in [1.165, 1.54) is 0 Å². The standard InChI is InChI=1S/C11H18N2O5/c1-16-8-4-2-7(17-10(12)14)3-5-9(6-8)18-11(13)15/h3,5,7-9H,2,4,6H2,1H3,(H2,12,14)(H2,13,15)/b5-3+. The molecule has 4 N–H and O–H groups in total. The van der Waals surface area contributed by atoms with E-state index in [0.29, 0.717) is 19.3 Å². The van der Waals surface area contributed by atoms with Gasteiger partial charge >= 0.3 is 12.2 Å². The van der Waals surface area contributed by atoms with Crippen LogP contribution in [0, 0.1) is 0 Å². The Morgan fingerprint density at radius 3 is 2.17 bits per heavy atom. The molecule has 3 unspecified atom stereocenters. The van der Waals surface area contributed by atoms with Crippen molar-refractivity contribution in [3.63, 3.8) is 0 Å². The van der Waals surface area contributed by atoms with Gasteiger partial charge in [0.1, 0.15) is 12.2 Å². The van der Waals surface area contributed by atoms with Crippen LogP contribution in [-0.2, 0) is 14.2 Å². The molecular weight excluding hydrogens is 240 g/mol. The average molecular weight is 258 g/mol. The van der Waals surface area contributed by atoms with Gasteiger partial charge < -0.3 is 25.7 Å². The van der Waals surface area contributed by atoms with E-state index in [0.717, 1.165) is 0 Å². The number of primary amides is 2. The Morgan fingerprint density at radius 1 is 1.06 bits per heavy atom. The highest BCUT2D eigenvalue weighted by Gasteiger charge is 2.22. The SMILES string of the molecule is COC1CCC(OC(N)=O)/C=C/C(OC(N)=O)C1. The molecule has 0 heterocycles. The minimum atomic E-state index is -0.854. The van der Waals surface area contributed by atoms with E-state index in [-0.39, 0.29) is 6.10 Å². The van der Waals surface area contributed by atoms with Crippen LogP contribution in [0.1, 0.15) is 19.3 Å². The molecule has 0 aromatic rings. The quantitative estimate of drug-likeness (QED) is 0.722. The molecule has 1 rings (SSSR count). The Balaban J connectivity index is 2.70.